The van der Waals surface area contributed by atoms with Gasteiger partial charge in [0.2, 0.25) is 0 Å². The van der Waals surface area contributed by atoms with Gasteiger partial charge in [-0.25, -0.2) is 9.13 Å². The minimum absolute atomic E-state index is 0.116. The van der Waals surface area contributed by atoms with Gasteiger partial charge in [0.05, 0.1) is 12.7 Å². The molecule has 10 heteroatoms. The monoisotopic (exact) mass is 446 g/mol. The summed E-state index contributed by atoms with van der Waals surface area (Å²) >= 11 is 0. The van der Waals surface area contributed by atoms with Crippen LogP contribution in [0.4, 0.5) is 0 Å². The van der Waals surface area contributed by atoms with Gasteiger partial charge in [-0.1, -0.05) is 84.0 Å². The summed E-state index contributed by atoms with van der Waals surface area (Å²) in [5.41, 5.74) is 0. The molecule has 0 rings (SSSR count). The molecule has 0 aromatic carbocycles. The predicted molar refractivity (Wildman–Crippen MR) is 110 cm³/mol. The van der Waals surface area contributed by atoms with Crippen LogP contribution in [0.3, 0.4) is 0 Å². The van der Waals surface area contributed by atoms with Crippen LogP contribution in [0.1, 0.15) is 103 Å². The van der Waals surface area contributed by atoms with Crippen LogP contribution in [0.15, 0.2) is 0 Å². The van der Waals surface area contributed by atoms with Crippen molar-refractivity contribution in [1.82, 2.24) is 0 Å². The van der Waals surface area contributed by atoms with E-state index < -0.39 is 15.6 Å². The molecule has 2 atom stereocenters. The molecule has 0 aliphatic heterocycles. The van der Waals surface area contributed by atoms with Crippen molar-refractivity contribution in [2.24, 2.45) is 0 Å². The van der Waals surface area contributed by atoms with Gasteiger partial charge in [-0.15, -0.1) is 0 Å². The summed E-state index contributed by atoms with van der Waals surface area (Å²) in [6, 6.07) is 0. The third-order valence-electron chi connectivity index (χ3n) is 4.54. The average molecular weight is 446 g/mol. The number of hydrogen-bond acceptors (Lipinski definition) is 5. The zero-order chi connectivity index (χ0) is 21.3. The topological polar surface area (TPSA) is 134 Å². The molecule has 0 heterocycles. The van der Waals surface area contributed by atoms with E-state index in [1.54, 1.807) is 0 Å². The van der Waals surface area contributed by atoms with Crippen molar-refractivity contribution in [3.63, 3.8) is 0 Å². The lowest BCUT2D eigenvalue weighted by Gasteiger charge is -2.12. The van der Waals surface area contributed by atoms with Gasteiger partial charge in [0.25, 0.3) is 0 Å². The largest absolute Gasteiger partial charge is 0.481 e. The van der Waals surface area contributed by atoms with Gasteiger partial charge in [-0.05, 0) is 19.3 Å². The molecule has 0 spiro atoms. The average Bonchev–Trinajstić information content (AvgIpc) is 2.57. The summed E-state index contributed by atoms with van der Waals surface area (Å²) in [6.45, 7) is 2.11. The minimum Gasteiger partial charge on any atom is -0.393 e. The maximum Gasteiger partial charge on any atom is 0.481 e. The Hall–Kier alpha value is 0.220. The van der Waals surface area contributed by atoms with Crippen molar-refractivity contribution < 1.29 is 37.8 Å². The highest BCUT2D eigenvalue weighted by Crippen LogP contribution is 2.57. The fourth-order valence-corrected chi connectivity index (χ4v) is 4.63. The van der Waals surface area contributed by atoms with Crippen LogP contribution in [-0.2, 0) is 18.0 Å². The van der Waals surface area contributed by atoms with E-state index in [0.717, 1.165) is 38.5 Å². The summed E-state index contributed by atoms with van der Waals surface area (Å²) in [5, 5.41) is 9.98. The molecule has 0 saturated heterocycles. The number of aliphatic hydroxyl groups excluding tert-OH is 1. The van der Waals surface area contributed by atoms with Crippen LogP contribution >= 0.6 is 15.6 Å². The van der Waals surface area contributed by atoms with E-state index in [0.29, 0.717) is 6.42 Å². The lowest BCUT2D eigenvalue weighted by atomic mass is 10.0. The second kappa shape index (κ2) is 17.0. The van der Waals surface area contributed by atoms with Crippen molar-refractivity contribution in [3.8, 4) is 0 Å². The molecule has 8 nitrogen and oxygen atoms in total. The van der Waals surface area contributed by atoms with Gasteiger partial charge in [0.15, 0.2) is 0 Å². The van der Waals surface area contributed by atoms with Crippen LogP contribution in [0, 0.1) is 0 Å². The standard InChI is InChI=1S/C18H40O8P2/c1-2-3-4-5-6-7-8-9-12-15-18(19)16-13-10-11-14-17-25-28(23,24)26-27(20,21)22/h18-19H,2-17H2,1H3,(H,23,24)(H2,20,21,22). The quantitative estimate of drug-likeness (QED) is 0.143. The lowest BCUT2D eigenvalue weighted by Crippen LogP contribution is -2.06. The summed E-state index contributed by atoms with van der Waals surface area (Å²) < 4.78 is 29.9. The molecule has 28 heavy (non-hydrogen) atoms. The normalized spacial score (nSPS) is 15.5. The highest BCUT2D eigenvalue weighted by molar-refractivity contribution is 7.60. The van der Waals surface area contributed by atoms with Crippen molar-refractivity contribution in [2.75, 3.05) is 6.61 Å². The summed E-state index contributed by atoms with van der Waals surface area (Å²) in [4.78, 5) is 26.0. The first-order valence-corrected chi connectivity index (χ1v) is 13.6. The van der Waals surface area contributed by atoms with Crippen molar-refractivity contribution in [1.29, 1.82) is 0 Å². The first kappa shape index (κ1) is 28.2. The SMILES string of the molecule is CCCCCCCCCCCC(O)CCCCCCOP(=O)(O)OP(=O)(O)O. The van der Waals surface area contributed by atoms with Gasteiger partial charge in [0, 0.05) is 0 Å². The van der Waals surface area contributed by atoms with Crippen LogP contribution in [0.5, 0.6) is 0 Å². The number of phosphoric ester groups is 1. The molecule has 0 amide bonds. The number of phosphoric acid groups is 2. The lowest BCUT2D eigenvalue weighted by molar-refractivity contribution is 0.146. The summed E-state index contributed by atoms with van der Waals surface area (Å²) in [7, 11) is -9.77. The third kappa shape index (κ3) is 20.9. The Morgan fingerprint density at radius 3 is 1.61 bits per heavy atom. The van der Waals surface area contributed by atoms with E-state index in [1.807, 2.05) is 0 Å². The van der Waals surface area contributed by atoms with Gasteiger partial charge >= 0.3 is 15.6 Å². The highest BCUT2D eigenvalue weighted by atomic mass is 31.3. The van der Waals surface area contributed by atoms with Crippen LogP contribution in [-0.4, -0.2) is 32.5 Å². The molecule has 0 aliphatic rings. The zero-order valence-corrected chi connectivity index (χ0v) is 19.0. The van der Waals surface area contributed by atoms with Crippen molar-refractivity contribution >= 4 is 15.6 Å². The van der Waals surface area contributed by atoms with E-state index in [-0.39, 0.29) is 12.7 Å². The number of rotatable bonds is 20. The highest BCUT2D eigenvalue weighted by Gasteiger charge is 2.31. The molecular weight excluding hydrogens is 406 g/mol. The molecule has 4 N–H and O–H groups in total. The summed E-state index contributed by atoms with van der Waals surface area (Å²) in [6.07, 6.45) is 15.7. The number of aliphatic hydroxyl groups is 1. The van der Waals surface area contributed by atoms with Crippen LogP contribution in [0.25, 0.3) is 0 Å². The van der Waals surface area contributed by atoms with Crippen LogP contribution < -0.4 is 0 Å². The molecule has 170 valence electrons. The first-order chi connectivity index (χ1) is 13.2. The summed E-state index contributed by atoms with van der Waals surface area (Å²) in [5.74, 6) is 0. The molecule has 0 saturated carbocycles. The molecule has 0 fully saturated rings. The molecule has 0 radical (unpaired) electrons. The molecular formula is C18H40O8P2. The smallest absolute Gasteiger partial charge is 0.393 e. The third-order valence-corrected chi connectivity index (χ3v) is 6.72. The van der Waals surface area contributed by atoms with Crippen molar-refractivity contribution in [2.45, 2.75) is 109 Å². The van der Waals surface area contributed by atoms with E-state index >= 15 is 0 Å². The van der Waals surface area contributed by atoms with Gasteiger partial charge in [-0.2, -0.15) is 4.31 Å². The van der Waals surface area contributed by atoms with Gasteiger partial charge < -0.3 is 19.8 Å². The molecule has 0 aromatic heterocycles. The fourth-order valence-electron chi connectivity index (χ4n) is 3.01. The molecule has 0 bridgehead atoms. The minimum atomic E-state index is -5.05. The Labute approximate surface area is 169 Å². The Bertz CT molecular complexity index is 455. The maximum absolute atomic E-state index is 11.2. The van der Waals surface area contributed by atoms with Gasteiger partial charge in [0.1, 0.15) is 0 Å². The van der Waals surface area contributed by atoms with E-state index in [2.05, 4.69) is 15.8 Å². The number of unbranched alkanes of at least 4 members (excludes halogenated alkanes) is 11. The first-order valence-electron chi connectivity index (χ1n) is 10.6. The molecule has 0 aromatic rings. The Balaban J connectivity index is 3.43. The molecule has 2 unspecified atom stereocenters. The van der Waals surface area contributed by atoms with Crippen molar-refractivity contribution in [3.05, 3.63) is 0 Å². The van der Waals surface area contributed by atoms with Gasteiger partial charge in [-0.3, -0.25) is 4.52 Å². The Morgan fingerprint density at radius 1 is 0.714 bits per heavy atom. The Morgan fingerprint density at radius 2 is 1.14 bits per heavy atom. The van der Waals surface area contributed by atoms with Crippen LogP contribution in [0.2, 0.25) is 0 Å². The number of hydrogen-bond donors (Lipinski definition) is 4. The maximum atomic E-state index is 11.2. The van der Waals surface area contributed by atoms with E-state index in [9.17, 15) is 14.2 Å². The second-order valence-corrected chi connectivity index (χ2v) is 10.2. The van der Waals surface area contributed by atoms with E-state index in [1.165, 1.54) is 51.4 Å². The van der Waals surface area contributed by atoms with E-state index in [4.69, 9.17) is 14.7 Å². The predicted octanol–water partition coefficient (Wildman–Crippen LogP) is 5.45. The molecule has 0 aliphatic carbocycles. The Kier molecular flexibility index (Phi) is 17.1. The fraction of sp³-hybridized carbons (Fsp3) is 1.00. The zero-order valence-electron chi connectivity index (χ0n) is 17.2. The second-order valence-electron chi connectivity index (χ2n) is 7.35.